The van der Waals surface area contributed by atoms with Crippen molar-refractivity contribution in [3.05, 3.63) is 278 Å². The second-order valence-electron chi connectivity index (χ2n) is 24.2. The third-order valence-electron chi connectivity index (χ3n) is 18.3. The van der Waals surface area contributed by atoms with Gasteiger partial charge in [0.1, 0.15) is 22.3 Å². The second kappa shape index (κ2) is 19.6. The average Bonchev–Trinajstić information content (AvgIpc) is 1.96. The van der Waals surface area contributed by atoms with Crippen LogP contribution < -0.4 is 9.80 Å². The molecule has 6 nitrogen and oxygen atoms in total. The van der Waals surface area contributed by atoms with Gasteiger partial charge in [0, 0.05) is 94.7 Å². The predicted octanol–water partition coefficient (Wildman–Crippen LogP) is 23.5. The van der Waals surface area contributed by atoms with E-state index in [1.165, 1.54) is 54.7 Å². The van der Waals surface area contributed by atoms with Gasteiger partial charge >= 0.3 is 0 Å². The van der Waals surface area contributed by atoms with Crippen LogP contribution in [0.3, 0.4) is 0 Å². The summed E-state index contributed by atoms with van der Waals surface area (Å²) >= 11 is 0. The minimum Gasteiger partial charge on any atom is -0.456 e. The maximum atomic E-state index is 6.89. The zero-order valence-electron chi connectivity index (χ0n) is 49.1. The van der Waals surface area contributed by atoms with Gasteiger partial charge in [-0.15, -0.1) is 0 Å². The first-order valence-corrected chi connectivity index (χ1v) is 30.3. The first-order valence-electron chi connectivity index (χ1n) is 30.3. The fourth-order valence-corrected chi connectivity index (χ4v) is 14.0. The Kier molecular flexibility index (Phi) is 11.4. The van der Waals surface area contributed by atoms with Crippen molar-refractivity contribution >= 4 is 143 Å². The number of aryl methyl sites for hydroxylation is 1. The predicted molar refractivity (Wildman–Crippen MR) is 367 cm³/mol. The quantitative estimate of drug-likeness (QED) is 0.137. The topological polar surface area (TPSA) is 42.6 Å². The van der Waals surface area contributed by atoms with Gasteiger partial charge < -0.3 is 27.8 Å². The molecule has 87 heavy (non-hydrogen) atoms. The van der Waals surface area contributed by atoms with Crippen molar-refractivity contribution in [2.75, 3.05) is 9.80 Å². The number of para-hydroxylation sites is 4. The summed E-state index contributed by atoms with van der Waals surface area (Å²) in [4.78, 5) is 4.78. The van der Waals surface area contributed by atoms with E-state index in [-0.39, 0.29) is 0 Å². The van der Waals surface area contributed by atoms with E-state index in [4.69, 9.17) is 8.83 Å². The Hall–Kier alpha value is -10.8. The van der Waals surface area contributed by atoms with Crippen LogP contribution in [-0.4, -0.2) is 9.13 Å². The monoisotopic (exact) mass is 1120 g/mol. The summed E-state index contributed by atoms with van der Waals surface area (Å²) in [6.07, 6.45) is 0. The SMILES string of the molecule is Cc1c2c(cc3oc4cc5cc(N(c6ccc(C(C)C)cc6)c6ccc7c(c6)c6ccccc6n7-c6ccccc6)ccc5cc4c13)oc1cc3cc(N(c4ccc(C(C)C)cc4)c4ccc5c(c4)c4ccccc4n5-c4ccccc4)ccc3cc12. The van der Waals surface area contributed by atoms with Crippen LogP contribution in [-0.2, 0) is 0 Å². The van der Waals surface area contributed by atoms with Crippen LogP contribution in [0.4, 0.5) is 34.1 Å². The molecule has 0 atom stereocenters. The lowest BCUT2D eigenvalue weighted by Crippen LogP contribution is -2.10. The standard InChI is InChI=1S/C81H60N4O2/c1-49(2)52-24-30-60(31-25-52)82(64-36-38-74-68(46-64)66-20-12-14-22-72(66)84(74)58-16-8-6-9-17-58)62-34-28-54-42-70-76(44-56(54)40-62)86-78-48-79-81(51(5)80(70)78)71-43-55-29-35-63(41-57(55)45-77(71)87-79)83(61-32-26-53(27-33-61)50(3)4)65-37-39-75-69(47-65)67-21-13-15-23-73(67)85(75)59-18-10-7-11-19-59/h6-50H,1-5H3. The van der Waals surface area contributed by atoms with Crippen molar-refractivity contribution in [2.45, 2.75) is 46.5 Å². The molecule has 4 aromatic heterocycles. The van der Waals surface area contributed by atoms with Gasteiger partial charge in [-0.25, -0.2) is 0 Å². The van der Waals surface area contributed by atoms with E-state index in [0.29, 0.717) is 11.8 Å². The molecule has 0 unspecified atom stereocenters. The largest absolute Gasteiger partial charge is 0.456 e. The van der Waals surface area contributed by atoms with Crippen LogP contribution in [0.15, 0.2) is 270 Å². The number of rotatable bonds is 10. The van der Waals surface area contributed by atoms with Gasteiger partial charge in [-0.2, -0.15) is 0 Å². The van der Waals surface area contributed by atoms with E-state index in [1.807, 2.05) is 0 Å². The van der Waals surface area contributed by atoms with Gasteiger partial charge in [0.25, 0.3) is 0 Å². The summed E-state index contributed by atoms with van der Waals surface area (Å²) in [5.41, 5.74) is 20.6. The molecule has 416 valence electrons. The number of aromatic nitrogens is 2. The summed E-state index contributed by atoms with van der Waals surface area (Å²) in [5, 5.41) is 13.8. The third-order valence-corrected chi connectivity index (χ3v) is 18.3. The first-order chi connectivity index (χ1) is 42.7. The summed E-state index contributed by atoms with van der Waals surface area (Å²) < 4.78 is 18.5. The Morgan fingerprint density at radius 1 is 0.287 bits per heavy atom. The summed E-state index contributed by atoms with van der Waals surface area (Å²) in [7, 11) is 0. The molecule has 4 heterocycles. The molecule has 0 aliphatic carbocycles. The highest BCUT2D eigenvalue weighted by Gasteiger charge is 2.24. The third kappa shape index (κ3) is 8.08. The molecular formula is C81H60N4O2. The van der Waals surface area contributed by atoms with E-state index >= 15 is 0 Å². The number of hydrogen-bond acceptors (Lipinski definition) is 4. The Morgan fingerprint density at radius 3 is 1.08 bits per heavy atom. The average molecular weight is 1120 g/mol. The summed E-state index contributed by atoms with van der Waals surface area (Å²) in [6, 6.07) is 95.6. The minimum atomic E-state index is 0.423. The van der Waals surface area contributed by atoms with Gasteiger partial charge in [-0.1, -0.05) is 137 Å². The Balaban J connectivity index is 0.763. The van der Waals surface area contributed by atoms with Crippen LogP contribution in [0.25, 0.3) is 120 Å². The van der Waals surface area contributed by atoms with Gasteiger partial charge in [-0.05, 0) is 203 Å². The van der Waals surface area contributed by atoms with Gasteiger partial charge in [0.15, 0.2) is 0 Å². The molecule has 0 bridgehead atoms. The molecular weight excluding hydrogens is 1060 g/mol. The minimum absolute atomic E-state index is 0.423. The first kappa shape index (κ1) is 50.7. The van der Waals surface area contributed by atoms with Crippen molar-refractivity contribution in [2.24, 2.45) is 0 Å². The molecule has 0 aliphatic heterocycles. The van der Waals surface area contributed by atoms with Crippen LogP contribution in [0.1, 0.15) is 56.2 Å². The summed E-state index contributed by atoms with van der Waals surface area (Å²) in [5.74, 6) is 0.846. The molecule has 0 saturated heterocycles. The highest BCUT2D eigenvalue weighted by molar-refractivity contribution is 6.21. The zero-order valence-corrected chi connectivity index (χ0v) is 49.1. The molecule has 13 aromatic carbocycles. The molecule has 17 aromatic rings. The Labute approximate surface area is 503 Å². The van der Waals surface area contributed by atoms with E-state index in [1.54, 1.807) is 0 Å². The fourth-order valence-electron chi connectivity index (χ4n) is 14.0. The molecule has 0 radical (unpaired) electrons. The van der Waals surface area contributed by atoms with Crippen molar-refractivity contribution < 1.29 is 8.83 Å². The fraction of sp³-hybridized carbons (Fsp3) is 0.0864. The maximum absolute atomic E-state index is 6.89. The molecule has 17 rings (SSSR count). The molecule has 0 fully saturated rings. The number of anilines is 6. The molecule has 6 heteroatoms. The van der Waals surface area contributed by atoms with Gasteiger partial charge in [-0.3, -0.25) is 0 Å². The van der Waals surface area contributed by atoms with Gasteiger partial charge in [0.05, 0.1) is 22.1 Å². The van der Waals surface area contributed by atoms with E-state index in [9.17, 15) is 0 Å². The molecule has 0 spiro atoms. The molecule has 0 N–H and O–H groups in total. The lowest BCUT2D eigenvalue weighted by Gasteiger charge is -2.26. The maximum Gasteiger partial charge on any atom is 0.139 e. The number of hydrogen-bond donors (Lipinski definition) is 0. The van der Waals surface area contributed by atoms with Crippen molar-refractivity contribution in [1.29, 1.82) is 0 Å². The van der Waals surface area contributed by atoms with Crippen molar-refractivity contribution in [3.63, 3.8) is 0 Å². The Bertz CT molecular complexity index is 5240. The van der Waals surface area contributed by atoms with Crippen LogP contribution in [0, 0.1) is 6.92 Å². The second-order valence-corrected chi connectivity index (χ2v) is 24.2. The van der Waals surface area contributed by atoms with E-state index in [2.05, 4.69) is 314 Å². The van der Waals surface area contributed by atoms with Crippen LogP contribution in [0.2, 0.25) is 0 Å². The molecule has 0 saturated carbocycles. The zero-order chi connectivity index (χ0) is 58.2. The molecule has 0 aliphatic rings. The number of fused-ring (bicyclic) bond motifs is 14. The van der Waals surface area contributed by atoms with Crippen molar-refractivity contribution in [1.82, 2.24) is 9.13 Å². The Morgan fingerprint density at radius 2 is 0.655 bits per heavy atom. The summed E-state index contributed by atoms with van der Waals surface area (Å²) in [6.45, 7) is 11.2. The molecule has 0 amide bonds. The smallest absolute Gasteiger partial charge is 0.139 e. The van der Waals surface area contributed by atoms with E-state index < -0.39 is 0 Å². The number of benzene rings is 13. The van der Waals surface area contributed by atoms with Crippen LogP contribution >= 0.6 is 0 Å². The highest BCUT2D eigenvalue weighted by atomic mass is 16.3. The normalized spacial score (nSPS) is 12.2. The number of furan rings is 2. The number of nitrogens with zero attached hydrogens (tertiary/aromatic N) is 4. The lowest BCUT2D eigenvalue weighted by molar-refractivity contribution is 0.656. The van der Waals surface area contributed by atoms with E-state index in [0.717, 1.165) is 116 Å². The lowest BCUT2D eigenvalue weighted by atomic mass is 9.98. The van der Waals surface area contributed by atoms with Gasteiger partial charge in [0.2, 0.25) is 0 Å². The van der Waals surface area contributed by atoms with Crippen LogP contribution in [0.5, 0.6) is 0 Å². The van der Waals surface area contributed by atoms with Crippen molar-refractivity contribution in [3.8, 4) is 11.4 Å². The highest BCUT2D eigenvalue weighted by Crippen LogP contribution is 2.47.